The van der Waals surface area contributed by atoms with Crippen molar-refractivity contribution < 1.29 is 18.9 Å². The minimum atomic E-state index is -0.659. The molecule has 20 heavy (non-hydrogen) atoms. The van der Waals surface area contributed by atoms with E-state index < -0.39 is 12.1 Å². The van der Waals surface area contributed by atoms with Gasteiger partial charge in [-0.2, -0.15) is 0 Å². The number of piperidine rings is 1. The molecule has 1 atom stereocenters. The number of alkyl carbamates (subject to hydrolysis) is 1. The van der Waals surface area contributed by atoms with E-state index in [1.165, 1.54) is 4.67 Å². The molecule has 1 fully saturated rings. The van der Waals surface area contributed by atoms with Gasteiger partial charge in [-0.3, -0.25) is 9.46 Å². The molecule has 106 valence electrons. The van der Waals surface area contributed by atoms with Gasteiger partial charge in [-0.1, -0.05) is 30.3 Å². The quantitative estimate of drug-likeness (QED) is 0.863. The molecular weight excluding hydrogens is 279 g/mol. The summed E-state index contributed by atoms with van der Waals surface area (Å²) in [7, 11) is -0.337. The maximum Gasteiger partial charge on any atom is 0.408 e. The standard InChI is InChI=1S/C13H15N2O4P/c16-12-11(7-4-8-15(12)20-18)14-13(17)19-9-10-5-2-1-3-6-10/h1-3,5-6,11H,4,7-9H2,(H,14,17). The number of ether oxygens (including phenoxy) is 1. The highest BCUT2D eigenvalue weighted by Crippen LogP contribution is 2.18. The summed E-state index contributed by atoms with van der Waals surface area (Å²) in [6.07, 6.45) is 0.590. The van der Waals surface area contributed by atoms with Gasteiger partial charge in [-0.05, 0) is 18.4 Å². The van der Waals surface area contributed by atoms with E-state index in [-0.39, 0.29) is 21.1 Å². The van der Waals surface area contributed by atoms with Gasteiger partial charge in [0.05, 0.1) is 0 Å². The fraction of sp³-hybridized carbons (Fsp3) is 0.385. The van der Waals surface area contributed by atoms with Crippen molar-refractivity contribution in [3.63, 3.8) is 0 Å². The van der Waals surface area contributed by atoms with Crippen molar-refractivity contribution in [2.75, 3.05) is 6.54 Å². The zero-order chi connectivity index (χ0) is 14.4. The number of carbonyl (C=O) groups excluding carboxylic acids is 2. The zero-order valence-electron chi connectivity index (χ0n) is 10.8. The molecular formula is C13H15N2O4P. The fourth-order valence-corrected chi connectivity index (χ4v) is 2.42. The summed E-state index contributed by atoms with van der Waals surface area (Å²) >= 11 is 0. The number of nitrogens with zero attached hydrogens (tertiary/aromatic N) is 1. The van der Waals surface area contributed by atoms with E-state index in [1.54, 1.807) is 0 Å². The average molecular weight is 294 g/mol. The van der Waals surface area contributed by atoms with E-state index >= 15 is 0 Å². The second-order valence-electron chi connectivity index (χ2n) is 4.44. The summed E-state index contributed by atoms with van der Waals surface area (Å²) in [5.74, 6) is -0.343. The van der Waals surface area contributed by atoms with Gasteiger partial charge in [0.25, 0.3) is 14.5 Å². The van der Waals surface area contributed by atoms with E-state index in [1.807, 2.05) is 30.3 Å². The lowest BCUT2D eigenvalue weighted by Gasteiger charge is -2.27. The van der Waals surface area contributed by atoms with Gasteiger partial charge in [0.1, 0.15) is 12.6 Å². The Bertz CT molecular complexity index is 494. The molecule has 1 aromatic carbocycles. The molecule has 7 heteroatoms. The Morgan fingerprint density at radius 1 is 1.40 bits per heavy atom. The zero-order valence-corrected chi connectivity index (χ0v) is 11.7. The summed E-state index contributed by atoms with van der Waals surface area (Å²) in [6.45, 7) is 0.595. The molecule has 1 saturated heterocycles. The van der Waals surface area contributed by atoms with Gasteiger partial charge in [-0.25, -0.2) is 9.36 Å². The van der Waals surface area contributed by atoms with Crippen LogP contribution in [0.1, 0.15) is 18.4 Å². The minimum Gasteiger partial charge on any atom is -0.445 e. The molecule has 1 aliphatic heterocycles. The lowest BCUT2D eigenvalue weighted by Crippen LogP contribution is -2.49. The van der Waals surface area contributed by atoms with Crippen molar-refractivity contribution in [1.82, 2.24) is 9.99 Å². The number of carbonyl (C=O) groups is 2. The number of hydrogen-bond acceptors (Lipinski definition) is 4. The predicted octanol–water partition coefficient (Wildman–Crippen LogP) is 2.11. The van der Waals surface area contributed by atoms with Crippen LogP contribution in [0.3, 0.4) is 0 Å². The molecule has 0 saturated carbocycles. The smallest absolute Gasteiger partial charge is 0.408 e. The third kappa shape index (κ3) is 3.78. The van der Waals surface area contributed by atoms with E-state index in [4.69, 9.17) is 4.74 Å². The van der Waals surface area contributed by atoms with Crippen LogP contribution in [0.5, 0.6) is 0 Å². The van der Waals surface area contributed by atoms with Crippen LogP contribution in [-0.4, -0.2) is 29.3 Å². The molecule has 1 aliphatic rings. The van der Waals surface area contributed by atoms with E-state index in [0.717, 1.165) is 5.56 Å². The van der Waals surface area contributed by atoms with Crippen LogP contribution in [-0.2, 0) is 20.7 Å². The second-order valence-corrected chi connectivity index (χ2v) is 5.09. The first-order chi connectivity index (χ1) is 9.70. The monoisotopic (exact) mass is 294 g/mol. The third-order valence-electron chi connectivity index (χ3n) is 3.02. The Morgan fingerprint density at radius 3 is 2.85 bits per heavy atom. The first kappa shape index (κ1) is 14.5. The second kappa shape index (κ2) is 7.01. The molecule has 0 radical (unpaired) electrons. The third-order valence-corrected chi connectivity index (χ3v) is 3.61. The van der Waals surface area contributed by atoms with Crippen LogP contribution < -0.4 is 5.32 Å². The van der Waals surface area contributed by atoms with E-state index in [2.05, 4.69) is 5.32 Å². The highest BCUT2D eigenvalue weighted by Gasteiger charge is 2.30. The van der Waals surface area contributed by atoms with Gasteiger partial charge in [0.15, 0.2) is 0 Å². The largest absolute Gasteiger partial charge is 0.445 e. The van der Waals surface area contributed by atoms with Gasteiger partial charge in [-0.15, -0.1) is 0 Å². The number of nitrogens with one attached hydrogen (secondary N) is 1. The lowest BCUT2D eigenvalue weighted by atomic mass is 10.1. The van der Waals surface area contributed by atoms with Gasteiger partial charge in [0, 0.05) is 6.54 Å². The predicted molar refractivity (Wildman–Crippen MR) is 72.1 cm³/mol. The first-order valence-electron chi connectivity index (χ1n) is 6.32. The fourth-order valence-electron chi connectivity index (χ4n) is 1.98. The van der Waals surface area contributed by atoms with E-state index in [0.29, 0.717) is 19.4 Å². The molecule has 1 aromatic rings. The summed E-state index contributed by atoms with van der Waals surface area (Å²) in [5.41, 5.74) is 0.873. The molecule has 0 bridgehead atoms. The van der Waals surface area contributed by atoms with Crippen LogP contribution in [0.25, 0.3) is 0 Å². The van der Waals surface area contributed by atoms with Gasteiger partial charge >= 0.3 is 6.09 Å². The number of amides is 2. The molecule has 0 spiro atoms. The Kier molecular flexibility index (Phi) is 5.07. The Hall–Kier alpha value is -1.94. The SMILES string of the molecule is O=PN1CCCC(NC(=O)OCc2ccccc2)C1=O. The molecule has 0 aliphatic carbocycles. The number of benzene rings is 1. The first-order valence-corrected chi connectivity index (χ1v) is 7.09. The molecule has 1 heterocycles. The molecule has 1 unspecified atom stereocenters. The van der Waals surface area contributed by atoms with Crippen molar-refractivity contribution in [1.29, 1.82) is 0 Å². The Labute approximate surface area is 118 Å². The highest BCUT2D eigenvalue weighted by molar-refractivity contribution is 7.21. The van der Waals surface area contributed by atoms with Crippen LogP contribution >= 0.6 is 8.61 Å². The molecule has 0 aromatic heterocycles. The maximum atomic E-state index is 11.8. The van der Waals surface area contributed by atoms with Crippen LogP contribution in [0.2, 0.25) is 0 Å². The summed E-state index contributed by atoms with van der Waals surface area (Å²) in [4.78, 5) is 23.5. The molecule has 2 rings (SSSR count). The van der Waals surface area contributed by atoms with Crippen LogP contribution in [0, 0.1) is 0 Å². The minimum absolute atomic E-state index is 0.150. The van der Waals surface area contributed by atoms with Gasteiger partial charge in [0.2, 0.25) is 0 Å². The summed E-state index contributed by atoms with van der Waals surface area (Å²) in [5, 5.41) is 2.51. The van der Waals surface area contributed by atoms with Crippen molar-refractivity contribution >= 4 is 20.6 Å². The van der Waals surface area contributed by atoms with E-state index in [9.17, 15) is 14.2 Å². The molecule has 2 amide bonds. The van der Waals surface area contributed by atoms with Crippen molar-refractivity contribution in [3.05, 3.63) is 35.9 Å². The van der Waals surface area contributed by atoms with Gasteiger partial charge < -0.3 is 10.1 Å². The topological polar surface area (TPSA) is 75.7 Å². The molecule has 1 N–H and O–H groups in total. The highest BCUT2D eigenvalue weighted by atomic mass is 31.1. The lowest BCUT2D eigenvalue weighted by molar-refractivity contribution is -0.130. The normalized spacial score (nSPS) is 18.9. The Balaban J connectivity index is 1.82. The summed E-state index contributed by atoms with van der Waals surface area (Å²) in [6, 6.07) is 8.61. The van der Waals surface area contributed by atoms with Crippen molar-refractivity contribution in [3.8, 4) is 0 Å². The number of hydrogen-bond donors (Lipinski definition) is 1. The number of rotatable bonds is 4. The van der Waals surface area contributed by atoms with Crippen LogP contribution in [0.15, 0.2) is 30.3 Å². The summed E-state index contributed by atoms with van der Waals surface area (Å²) < 4.78 is 17.0. The van der Waals surface area contributed by atoms with Crippen molar-refractivity contribution in [2.24, 2.45) is 0 Å². The maximum absolute atomic E-state index is 11.8. The average Bonchev–Trinajstić information content (AvgIpc) is 2.48. The molecule has 6 nitrogen and oxygen atoms in total. The Morgan fingerprint density at radius 2 is 2.15 bits per heavy atom. The van der Waals surface area contributed by atoms with Crippen LogP contribution in [0.4, 0.5) is 4.79 Å². The van der Waals surface area contributed by atoms with Crippen molar-refractivity contribution in [2.45, 2.75) is 25.5 Å².